The smallest absolute Gasteiger partial charge is 0.122 e. The third kappa shape index (κ3) is 2.81. The number of para-hydroxylation sites is 1. The highest BCUT2D eigenvalue weighted by Crippen LogP contribution is 2.25. The van der Waals surface area contributed by atoms with Crippen molar-refractivity contribution in [2.75, 3.05) is 33.4 Å². The molecule has 1 aliphatic heterocycles. The number of methoxy groups -OCH3 is 1. The molecule has 0 radical (unpaired) electrons. The average Bonchev–Trinajstić information content (AvgIpc) is 2.37. The molecule has 0 spiro atoms. The van der Waals surface area contributed by atoms with Crippen LogP contribution in [-0.4, -0.2) is 33.4 Å². The molecule has 1 N–H and O–H groups in total. The predicted octanol–water partition coefficient (Wildman–Crippen LogP) is 1.37. The van der Waals surface area contributed by atoms with E-state index in [1.165, 1.54) is 5.56 Å². The van der Waals surface area contributed by atoms with E-state index in [0.29, 0.717) is 19.8 Å². The summed E-state index contributed by atoms with van der Waals surface area (Å²) in [6, 6.07) is 10.3. The van der Waals surface area contributed by atoms with Gasteiger partial charge in [0.25, 0.3) is 0 Å². The molecule has 0 amide bonds. The Labute approximate surface area is 108 Å². The molecule has 96 valence electrons. The van der Waals surface area contributed by atoms with Gasteiger partial charge in [0.2, 0.25) is 0 Å². The maximum atomic E-state index is 9.05. The number of nitrogens with zero attached hydrogens (tertiary/aromatic N) is 1. The van der Waals surface area contributed by atoms with E-state index in [0.717, 1.165) is 18.7 Å². The Hall–Kier alpha value is -1.57. The van der Waals surface area contributed by atoms with Gasteiger partial charge in [-0.3, -0.25) is 0 Å². The standard InChI is InChI=1S/C14H18N2O2/c1-17-13-5-3-2-4-12(13)6-7-16-9-14(8-15)10-18-11-14/h2-5,16H,6-7,9-11H2,1H3. The molecule has 1 aromatic carbocycles. The Morgan fingerprint density at radius 1 is 1.44 bits per heavy atom. The SMILES string of the molecule is COc1ccccc1CCNCC1(C#N)COC1. The van der Waals surface area contributed by atoms with Crippen molar-refractivity contribution in [2.24, 2.45) is 5.41 Å². The van der Waals surface area contributed by atoms with Gasteiger partial charge in [0.15, 0.2) is 0 Å². The second-order valence-corrected chi connectivity index (χ2v) is 4.62. The maximum absolute atomic E-state index is 9.05. The number of rotatable bonds is 6. The molecule has 18 heavy (non-hydrogen) atoms. The Bertz CT molecular complexity index is 436. The van der Waals surface area contributed by atoms with Crippen molar-refractivity contribution in [1.82, 2.24) is 5.32 Å². The lowest BCUT2D eigenvalue weighted by Crippen LogP contribution is -2.48. The highest BCUT2D eigenvalue weighted by molar-refractivity contribution is 5.33. The van der Waals surface area contributed by atoms with Gasteiger partial charge in [-0.1, -0.05) is 18.2 Å². The van der Waals surface area contributed by atoms with Crippen LogP contribution in [0.2, 0.25) is 0 Å². The second-order valence-electron chi connectivity index (χ2n) is 4.62. The third-order valence-electron chi connectivity index (χ3n) is 3.22. The molecule has 0 aromatic heterocycles. The largest absolute Gasteiger partial charge is 0.496 e. The van der Waals surface area contributed by atoms with E-state index in [-0.39, 0.29) is 5.41 Å². The number of ether oxygens (including phenoxy) is 2. The lowest BCUT2D eigenvalue weighted by Gasteiger charge is -2.35. The first-order valence-electron chi connectivity index (χ1n) is 6.11. The van der Waals surface area contributed by atoms with E-state index in [2.05, 4.69) is 17.5 Å². The molecule has 1 fully saturated rings. The molecule has 0 atom stereocenters. The molecule has 1 aromatic rings. The lowest BCUT2D eigenvalue weighted by atomic mass is 9.88. The van der Waals surface area contributed by atoms with E-state index < -0.39 is 0 Å². The second kappa shape index (κ2) is 5.85. The van der Waals surface area contributed by atoms with Crippen molar-refractivity contribution in [3.8, 4) is 11.8 Å². The third-order valence-corrected chi connectivity index (χ3v) is 3.22. The summed E-state index contributed by atoms with van der Waals surface area (Å²) in [7, 11) is 1.68. The van der Waals surface area contributed by atoms with Crippen molar-refractivity contribution in [1.29, 1.82) is 5.26 Å². The normalized spacial score (nSPS) is 16.7. The molecule has 1 aliphatic rings. The molecule has 0 saturated carbocycles. The lowest BCUT2D eigenvalue weighted by molar-refractivity contribution is -0.0752. The van der Waals surface area contributed by atoms with E-state index in [9.17, 15) is 0 Å². The number of hydrogen-bond donors (Lipinski definition) is 1. The molecule has 2 rings (SSSR count). The minimum Gasteiger partial charge on any atom is -0.496 e. The molecule has 1 saturated heterocycles. The van der Waals surface area contributed by atoms with Crippen LogP contribution >= 0.6 is 0 Å². The summed E-state index contributed by atoms with van der Waals surface area (Å²) >= 11 is 0. The van der Waals surface area contributed by atoms with Gasteiger partial charge in [-0.15, -0.1) is 0 Å². The summed E-state index contributed by atoms with van der Waals surface area (Å²) < 4.78 is 10.4. The summed E-state index contributed by atoms with van der Waals surface area (Å²) in [4.78, 5) is 0. The minimum absolute atomic E-state index is 0.305. The zero-order chi connectivity index (χ0) is 12.8. The van der Waals surface area contributed by atoms with E-state index in [1.54, 1.807) is 7.11 Å². The molecular formula is C14H18N2O2. The van der Waals surface area contributed by atoms with Crippen molar-refractivity contribution >= 4 is 0 Å². The van der Waals surface area contributed by atoms with Gasteiger partial charge in [-0.25, -0.2) is 0 Å². The number of nitrogens with one attached hydrogen (secondary N) is 1. The minimum atomic E-state index is -0.305. The topological polar surface area (TPSA) is 54.3 Å². The number of benzene rings is 1. The number of hydrogen-bond acceptors (Lipinski definition) is 4. The zero-order valence-corrected chi connectivity index (χ0v) is 10.6. The molecule has 4 heteroatoms. The molecular weight excluding hydrogens is 228 g/mol. The maximum Gasteiger partial charge on any atom is 0.122 e. The van der Waals surface area contributed by atoms with Crippen LogP contribution in [-0.2, 0) is 11.2 Å². The summed E-state index contributed by atoms with van der Waals surface area (Å²) in [5.74, 6) is 0.918. The average molecular weight is 246 g/mol. The quantitative estimate of drug-likeness (QED) is 0.770. The highest BCUT2D eigenvalue weighted by atomic mass is 16.5. The Balaban J connectivity index is 1.77. The first kappa shape index (κ1) is 12.9. The Morgan fingerprint density at radius 2 is 2.22 bits per heavy atom. The van der Waals surface area contributed by atoms with Gasteiger partial charge in [0.1, 0.15) is 11.2 Å². The van der Waals surface area contributed by atoms with Gasteiger partial charge in [-0.2, -0.15) is 5.26 Å². The predicted molar refractivity (Wildman–Crippen MR) is 68.4 cm³/mol. The van der Waals surface area contributed by atoms with Crippen LogP contribution in [0.1, 0.15) is 5.56 Å². The van der Waals surface area contributed by atoms with Crippen molar-refractivity contribution in [2.45, 2.75) is 6.42 Å². The first-order valence-corrected chi connectivity index (χ1v) is 6.11. The first-order chi connectivity index (χ1) is 8.79. The van der Waals surface area contributed by atoms with Crippen molar-refractivity contribution in [3.63, 3.8) is 0 Å². The van der Waals surface area contributed by atoms with Crippen LogP contribution in [0.5, 0.6) is 5.75 Å². The fourth-order valence-electron chi connectivity index (χ4n) is 2.01. The summed E-state index contributed by atoms with van der Waals surface area (Å²) in [6.07, 6.45) is 0.895. The van der Waals surface area contributed by atoms with Gasteiger partial charge in [0, 0.05) is 6.54 Å². The zero-order valence-electron chi connectivity index (χ0n) is 10.6. The molecule has 0 aliphatic carbocycles. The summed E-state index contributed by atoms with van der Waals surface area (Å²) in [5, 5.41) is 12.4. The molecule has 0 bridgehead atoms. The Kier molecular flexibility index (Phi) is 4.19. The van der Waals surface area contributed by atoms with E-state index >= 15 is 0 Å². The van der Waals surface area contributed by atoms with Crippen LogP contribution in [0.3, 0.4) is 0 Å². The summed E-state index contributed by atoms with van der Waals surface area (Å²) in [5.41, 5.74) is 0.879. The van der Waals surface area contributed by atoms with Crippen molar-refractivity contribution < 1.29 is 9.47 Å². The van der Waals surface area contributed by atoms with Crippen molar-refractivity contribution in [3.05, 3.63) is 29.8 Å². The van der Waals surface area contributed by atoms with Gasteiger partial charge in [-0.05, 0) is 24.6 Å². The van der Waals surface area contributed by atoms with Crippen LogP contribution < -0.4 is 10.1 Å². The van der Waals surface area contributed by atoms with Crippen LogP contribution in [0, 0.1) is 16.7 Å². The fourth-order valence-corrected chi connectivity index (χ4v) is 2.01. The molecule has 4 nitrogen and oxygen atoms in total. The monoisotopic (exact) mass is 246 g/mol. The molecule has 1 heterocycles. The number of nitriles is 1. The van der Waals surface area contributed by atoms with Crippen LogP contribution in [0.15, 0.2) is 24.3 Å². The van der Waals surface area contributed by atoms with Gasteiger partial charge in [0.05, 0.1) is 26.4 Å². The van der Waals surface area contributed by atoms with Crippen LogP contribution in [0.4, 0.5) is 0 Å². The van der Waals surface area contributed by atoms with E-state index in [1.807, 2.05) is 18.2 Å². The van der Waals surface area contributed by atoms with E-state index in [4.69, 9.17) is 14.7 Å². The summed E-state index contributed by atoms with van der Waals surface area (Å²) in [6.45, 7) is 2.62. The fraction of sp³-hybridized carbons (Fsp3) is 0.500. The highest BCUT2D eigenvalue weighted by Gasteiger charge is 2.38. The van der Waals surface area contributed by atoms with Gasteiger partial charge >= 0.3 is 0 Å². The Morgan fingerprint density at radius 3 is 2.83 bits per heavy atom. The molecule has 0 unspecified atom stereocenters. The van der Waals surface area contributed by atoms with Gasteiger partial charge < -0.3 is 14.8 Å². The van der Waals surface area contributed by atoms with Crippen LogP contribution in [0.25, 0.3) is 0 Å².